The summed E-state index contributed by atoms with van der Waals surface area (Å²) in [5.74, 6) is 0.0841. The van der Waals surface area contributed by atoms with Crippen LogP contribution in [0.4, 0.5) is 0 Å². The van der Waals surface area contributed by atoms with Crippen LogP contribution >= 0.6 is 11.6 Å². The fourth-order valence-corrected chi connectivity index (χ4v) is 1.47. The van der Waals surface area contributed by atoms with Crippen molar-refractivity contribution in [2.24, 2.45) is 5.41 Å². The smallest absolute Gasteiger partial charge is 0.169 e. The minimum Gasteiger partial charge on any atom is -0.508 e. The third-order valence-electron chi connectivity index (χ3n) is 2.70. The number of phenolic OH excluding ortho intramolecular Hbond substituents is 1. The molecule has 1 aromatic carbocycles. The molecule has 1 aromatic rings. The van der Waals surface area contributed by atoms with Crippen molar-refractivity contribution in [1.29, 1.82) is 0 Å². The van der Waals surface area contributed by atoms with Crippen LogP contribution in [0.5, 0.6) is 5.75 Å². The maximum Gasteiger partial charge on any atom is 0.169 e. The van der Waals surface area contributed by atoms with Gasteiger partial charge in [0.05, 0.1) is 5.02 Å². The molecule has 1 rings (SSSR count). The summed E-state index contributed by atoms with van der Waals surface area (Å²) in [6.45, 7) is 5.74. The summed E-state index contributed by atoms with van der Waals surface area (Å²) in [6, 6.07) is 4.43. The number of ketones is 1. The molecule has 0 saturated heterocycles. The normalized spacial score (nSPS) is 11.5. The van der Waals surface area contributed by atoms with Crippen molar-refractivity contribution in [3.05, 3.63) is 28.8 Å². The Balaban J connectivity index is 3.12. The summed E-state index contributed by atoms with van der Waals surface area (Å²) in [6.07, 6.45) is 0.753. The summed E-state index contributed by atoms with van der Waals surface area (Å²) < 4.78 is 0. The number of carbonyl (C=O) groups excluding carboxylic acids is 1. The monoisotopic (exact) mass is 226 g/mol. The zero-order valence-corrected chi connectivity index (χ0v) is 9.93. The zero-order valence-electron chi connectivity index (χ0n) is 9.17. The van der Waals surface area contributed by atoms with Gasteiger partial charge in [-0.15, -0.1) is 0 Å². The number of phenols is 1. The summed E-state index contributed by atoms with van der Waals surface area (Å²) >= 11 is 5.91. The molecule has 3 heteroatoms. The van der Waals surface area contributed by atoms with E-state index in [2.05, 4.69) is 0 Å². The highest BCUT2D eigenvalue weighted by Crippen LogP contribution is 2.30. The molecule has 0 aliphatic rings. The highest BCUT2D eigenvalue weighted by Gasteiger charge is 2.27. The first-order valence-corrected chi connectivity index (χ1v) is 5.29. The van der Waals surface area contributed by atoms with Crippen LogP contribution in [-0.4, -0.2) is 10.9 Å². The Bertz CT molecular complexity index is 383. The molecule has 0 saturated carbocycles. The molecular weight excluding hydrogens is 212 g/mol. The second-order valence-electron chi connectivity index (χ2n) is 4.23. The Morgan fingerprint density at radius 3 is 2.53 bits per heavy atom. The molecule has 0 aliphatic heterocycles. The molecule has 0 aromatic heterocycles. The summed E-state index contributed by atoms with van der Waals surface area (Å²) in [5.41, 5.74) is 0.0574. The number of hydrogen-bond donors (Lipinski definition) is 1. The van der Waals surface area contributed by atoms with Crippen molar-refractivity contribution in [3.8, 4) is 5.75 Å². The van der Waals surface area contributed by atoms with Gasteiger partial charge in [0.25, 0.3) is 0 Å². The van der Waals surface area contributed by atoms with E-state index in [0.717, 1.165) is 6.42 Å². The maximum absolute atomic E-state index is 12.1. The first-order chi connectivity index (χ1) is 6.88. The van der Waals surface area contributed by atoms with Gasteiger partial charge in [0.2, 0.25) is 0 Å². The predicted octanol–water partition coefficient (Wildman–Crippen LogP) is 3.66. The van der Waals surface area contributed by atoms with E-state index in [0.29, 0.717) is 10.6 Å². The molecule has 0 heterocycles. The number of benzene rings is 1. The Morgan fingerprint density at radius 1 is 1.47 bits per heavy atom. The van der Waals surface area contributed by atoms with Crippen LogP contribution in [0.1, 0.15) is 37.6 Å². The van der Waals surface area contributed by atoms with Crippen molar-refractivity contribution < 1.29 is 9.90 Å². The van der Waals surface area contributed by atoms with Gasteiger partial charge < -0.3 is 5.11 Å². The minimum atomic E-state index is -0.416. The number of halogens is 1. The lowest BCUT2D eigenvalue weighted by Crippen LogP contribution is -2.23. The molecular formula is C12H15ClO2. The average molecular weight is 227 g/mol. The van der Waals surface area contributed by atoms with Gasteiger partial charge in [-0.05, 0) is 24.6 Å². The van der Waals surface area contributed by atoms with E-state index in [1.165, 1.54) is 12.1 Å². The van der Waals surface area contributed by atoms with Crippen molar-refractivity contribution >= 4 is 17.4 Å². The van der Waals surface area contributed by atoms with Crippen LogP contribution in [0.25, 0.3) is 0 Å². The van der Waals surface area contributed by atoms with Gasteiger partial charge in [0.1, 0.15) is 5.75 Å². The van der Waals surface area contributed by atoms with Crippen LogP contribution in [0.3, 0.4) is 0 Å². The lowest BCUT2D eigenvalue weighted by Gasteiger charge is -2.21. The molecule has 0 amide bonds. The van der Waals surface area contributed by atoms with E-state index in [1.807, 2.05) is 20.8 Å². The zero-order chi connectivity index (χ0) is 11.6. The van der Waals surface area contributed by atoms with Crippen molar-refractivity contribution in [1.82, 2.24) is 0 Å². The molecule has 0 atom stereocenters. The van der Waals surface area contributed by atoms with Crippen molar-refractivity contribution in [2.75, 3.05) is 0 Å². The number of rotatable bonds is 3. The Morgan fingerprint density at radius 2 is 2.07 bits per heavy atom. The van der Waals surface area contributed by atoms with E-state index in [-0.39, 0.29) is 11.5 Å². The second-order valence-corrected chi connectivity index (χ2v) is 4.64. The Kier molecular flexibility index (Phi) is 3.40. The Hall–Kier alpha value is -1.02. The summed E-state index contributed by atoms with van der Waals surface area (Å²) in [5, 5.41) is 9.49. The fourth-order valence-electron chi connectivity index (χ4n) is 1.21. The standard InChI is InChI=1S/C12H15ClO2/c1-4-12(2,3)11(15)9-6-5-8(14)7-10(9)13/h5-7,14H,4H2,1-3H3. The number of Topliss-reactive ketones (excluding diaryl/α,β-unsaturated/α-hetero) is 1. The Labute approximate surface area is 94.9 Å². The van der Waals surface area contributed by atoms with E-state index in [4.69, 9.17) is 11.6 Å². The third kappa shape index (κ3) is 2.51. The highest BCUT2D eigenvalue weighted by atomic mass is 35.5. The molecule has 82 valence electrons. The topological polar surface area (TPSA) is 37.3 Å². The van der Waals surface area contributed by atoms with Gasteiger partial charge in [-0.3, -0.25) is 4.79 Å². The number of hydrogen-bond acceptors (Lipinski definition) is 2. The first kappa shape index (κ1) is 12.1. The van der Waals surface area contributed by atoms with Crippen molar-refractivity contribution in [3.63, 3.8) is 0 Å². The molecule has 2 nitrogen and oxygen atoms in total. The van der Waals surface area contributed by atoms with Crippen LogP contribution in [-0.2, 0) is 0 Å². The second kappa shape index (κ2) is 4.23. The lowest BCUT2D eigenvalue weighted by molar-refractivity contribution is 0.0833. The molecule has 0 bridgehead atoms. The minimum absolute atomic E-state index is 0.00926. The molecule has 0 radical (unpaired) electrons. The SMILES string of the molecule is CCC(C)(C)C(=O)c1ccc(O)cc1Cl. The van der Waals surface area contributed by atoms with Crippen LogP contribution in [0.2, 0.25) is 5.02 Å². The molecule has 1 N–H and O–H groups in total. The summed E-state index contributed by atoms with van der Waals surface area (Å²) in [4.78, 5) is 12.1. The van der Waals surface area contributed by atoms with E-state index < -0.39 is 5.41 Å². The average Bonchev–Trinajstić information content (AvgIpc) is 2.17. The molecule has 0 spiro atoms. The molecule has 0 fully saturated rings. The van der Waals surface area contributed by atoms with Gasteiger partial charge in [-0.1, -0.05) is 32.4 Å². The number of aromatic hydroxyl groups is 1. The maximum atomic E-state index is 12.1. The third-order valence-corrected chi connectivity index (χ3v) is 3.01. The van der Waals surface area contributed by atoms with Gasteiger partial charge >= 0.3 is 0 Å². The van der Waals surface area contributed by atoms with Gasteiger partial charge in [-0.25, -0.2) is 0 Å². The molecule has 15 heavy (non-hydrogen) atoms. The van der Waals surface area contributed by atoms with Crippen LogP contribution in [0.15, 0.2) is 18.2 Å². The molecule has 0 aliphatic carbocycles. The van der Waals surface area contributed by atoms with E-state index in [1.54, 1.807) is 6.07 Å². The van der Waals surface area contributed by atoms with E-state index in [9.17, 15) is 9.90 Å². The largest absolute Gasteiger partial charge is 0.508 e. The predicted molar refractivity (Wildman–Crippen MR) is 61.5 cm³/mol. The quantitative estimate of drug-likeness (QED) is 0.799. The van der Waals surface area contributed by atoms with E-state index >= 15 is 0 Å². The number of carbonyl (C=O) groups is 1. The van der Waals surface area contributed by atoms with Crippen LogP contribution in [0, 0.1) is 5.41 Å². The fraction of sp³-hybridized carbons (Fsp3) is 0.417. The molecule has 0 unspecified atom stereocenters. The van der Waals surface area contributed by atoms with Gasteiger partial charge in [0, 0.05) is 11.0 Å². The summed E-state index contributed by atoms with van der Waals surface area (Å²) in [7, 11) is 0. The van der Waals surface area contributed by atoms with Gasteiger partial charge in [-0.2, -0.15) is 0 Å². The first-order valence-electron chi connectivity index (χ1n) is 4.92. The van der Waals surface area contributed by atoms with Crippen molar-refractivity contribution in [2.45, 2.75) is 27.2 Å². The van der Waals surface area contributed by atoms with Crippen LogP contribution < -0.4 is 0 Å². The van der Waals surface area contributed by atoms with Gasteiger partial charge in [0.15, 0.2) is 5.78 Å². The lowest BCUT2D eigenvalue weighted by atomic mass is 9.82. The highest BCUT2D eigenvalue weighted by molar-refractivity contribution is 6.34.